The molecule has 1 aromatic carbocycles. The summed E-state index contributed by atoms with van der Waals surface area (Å²) in [5.74, 6) is 0.927. The van der Waals surface area contributed by atoms with Gasteiger partial charge in [-0.05, 0) is 25.1 Å². The summed E-state index contributed by atoms with van der Waals surface area (Å²) >= 11 is 0. The van der Waals surface area contributed by atoms with E-state index in [4.69, 9.17) is 9.52 Å². The lowest BCUT2D eigenvalue weighted by molar-refractivity contribution is 0.259. The lowest BCUT2D eigenvalue weighted by Crippen LogP contribution is -1.95. The highest BCUT2D eigenvalue weighted by Gasteiger charge is 2.09. The van der Waals surface area contributed by atoms with Crippen LogP contribution in [0.4, 0.5) is 0 Å². The van der Waals surface area contributed by atoms with E-state index in [-0.39, 0.29) is 12.5 Å². The summed E-state index contributed by atoms with van der Waals surface area (Å²) in [6.07, 6.45) is 0. The molecule has 2 nitrogen and oxygen atoms in total. The van der Waals surface area contributed by atoms with Crippen LogP contribution in [0, 0.1) is 6.92 Å². The fraction of sp³-hybridized carbons (Fsp3) is 0.333. The van der Waals surface area contributed by atoms with Crippen molar-refractivity contribution in [2.75, 3.05) is 6.61 Å². The summed E-state index contributed by atoms with van der Waals surface area (Å²) in [5.41, 5.74) is 2.12. The Balaban J connectivity index is 2.51. The highest BCUT2D eigenvalue weighted by molar-refractivity contribution is 5.78. The first-order valence-corrected chi connectivity index (χ1v) is 4.81. The molecule has 1 atom stereocenters. The molecule has 2 heteroatoms. The summed E-state index contributed by atoms with van der Waals surface area (Å²) in [5, 5.41) is 10.1. The summed E-state index contributed by atoms with van der Waals surface area (Å²) < 4.78 is 5.62. The molecule has 0 fully saturated rings. The Hall–Kier alpha value is -1.28. The quantitative estimate of drug-likeness (QED) is 0.790. The predicted molar refractivity (Wildman–Crippen MR) is 56.5 cm³/mol. The second kappa shape index (κ2) is 3.46. The summed E-state index contributed by atoms with van der Waals surface area (Å²) in [6, 6.07) is 8.09. The molecule has 0 amide bonds. The smallest absolute Gasteiger partial charge is 0.134 e. The molecular weight excluding hydrogens is 176 g/mol. The van der Waals surface area contributed by atoms with Gasteiger partial charge in [0.15, 0.2) is 0 Å². The number of aliphatic hydroxyl groups is 1. The minimum atomic E-state index is 0.0720. The third-order valence-corrected chi connectivity index (χ3v) is 2.45. The number of aryl methyl sites for hydroxylation is 1. The van der Waals surface area contributed by atoms with Gasteiger partial charge in [0.05, 0.1) is 6.61 Å². The predicted octanol–water partition coefficient (Wildman–Crippen LogP) is 2.84. The lowest BCUT2D eigenvalue weighted by Gasteiger charge is -2.00. The number of hydrogen-bond donors (Lipinski definition) is 1. The van der Waals surface area contributed by atoms with Crippen molar-refractivity contribution < 1.29 is 9.52 Å². The first kappa shape index (κ1) is 9.28. The summed E-state index contributed by atoms with van der Waals surface area (Å²) in [4.78, 5) is 0. The first-order chi connectivity index (χ1) is 6.70. The molecule has 2 aromatic rings. The van der Waals surface area contributed by atoms with Gasteiger partial charge in [0.1, 0.15) is 11.3 Å². The van der Waals surface area contributed by atoms with Crippen LogP contribution in [0.5, 0.6) is 0 Å². The normalized spacial score (nSPS) is 13.4. The maximum Gasteiger partial charge on any atom is 0.134 e. The van der Waals surface area contributed by atoms with Gasteiger partial charge in [-0.3, -0.25) is 0 Å². The van der Waals surface area contributed by atoms with E-state index in [0.29, 0.717) is 0 Å². The average molecular weight is 190 g/mol. The van der Waals surface area contributed by atoms with Crippen LogP contribution in [0.15, 0.2) is 28.7 Å². The van der Waals surface area contributed by atoms with E-state index in [1.54, 1.807) is 0 Å². The van der Waals surface area contributed by atoms with Crippen molar-refractivity contribution in [1.29, 1.82) is 0 Å². The Morgan fingerprint density at radius 3 is 2.86 bits per heavy atom. The first-order valence-electron chi connectivity index (χ1n) is 4.81. The molecule has 0 spiro atoms. The fourth-order valence-electron chi connectivity index (χ4n) is 1.52. The number of hydrogen-bond acceptors (Lipinski definition) is 2. The molecule has 0 radical (unpaired) electrons. The van der Waals surface area contributed by atoms with E-state index in [2.05, 4.69) is 13.0 Å². The number of rotatable bonds is 2. The fourth-order valence-corrected chi connectivity index (χ4v) is 1.52. The second-order valence-corrected chi connectivity index (χ2v) is 3.77. The molecule has 0 saturated heterocycles. The molecule has 1 heterocycles. The van der Waals surface area contributed by atoms with Crippen molar-refractivity contribution in [3.05, 3.63) is 35.6 Å². The Bertz CT molecular complexity index is 443. The minimum Gasteiger partial charge on any atom is -0.461 e. The molecule has 0 bridgehead atoms. The molecule has 1 N–H and O–H groups in total. The molecule has 2 rings (SSSR count). The molecule has 0 aliphatic carbocycles. The zero-order chi connectivity index (χ0) is 10.1. The third kappa shape index (κ3) is 1.53. The Morgan fingerprint density at radius 2 is 2.14 bits per heavy atom. The van der Waals surface area contributed by atoms with Crippen LogP contribution in [0.1, 0.15) is 24.2 Å². The average Bonchev–Trinajstić information content (AvgIpc) is 2.59. The number of benzene rings is 1. The molecule has 0 saturated carbocycles. The van der Waals surface area contributed by atoms with Gasteiger partial charge in [0.25, 0.3) is 0 Å². The van der Waals surface area contributed by atoms with Crippen molar-refractivity contribution in [2.45, 2.75) is 19.8 Å². The highest BCUT2D eigenvalue weighted by Crippen LogP contribution is 2.25. The van der Waals surface area contributed by atoms with Crippen LogP contribution in [-0.2, 0) is 0 Å². The van der Waals surface area contributed by atoms with Crippen molar-refractivity contribution in [3.63, 3.8) is 0 Å². The molecule has 14 heavy (non-hydrogen) atoms. The zero-order valence-electron chi connectivity index (χ0n) is 8.45. The third-order valence-electron chi connectivity index (χ3n) is 2.45. The molecule has 1 aromatic heterocycles. The van der Waals surface area contributed by atoms with Gasteiger partial charge in [0, 0.05) is 11.3 Å². The van der Waals surface area contributed by atoms with E-state index in [1.807, 2.05) is 25.1 Å². The maximum absolute atomic E-state index is 9.01. The number of aliphatic hydroxyl groups excluding tert-OH is 1. The molecule has 74 valence electrons. The van der Waals surface area contributed by atoms with Crippen molar-refractivity contribution in [2.24, 2.45) is 0 Å². The van der Waals surface area contributed by atoms with Gasteiger partial charge >= 0.3 is 0 Å². The molecular formula is C12H14O2. The van der Waals surface area contributed by atoms with E-state index < -0.39 is 0 Å². The molecule has 0 aliphatic heterocycles. The zero-order valence-corrected chi connectivity index (χ0v) is 8.45. The van der Waals surface area contributed by atoms with Crippen LogP contribution in [0.3, 0.4) is 0 Å². The number of furan rings is 1. The molecule has 0 aliphatic rings. The van der Waals surface area contributed by atoms with Crippen LogP contribution in [-0.4, -0.2) is 11.7 Å². The standard InChI is InChI=1S/C12H14O2/c1-8-3-4-11-10(5-8)6-12(14-11)9(2)7-13/h3-6,9,13H,7H2,1-2H3. The van der Waals surface area contributed by atoms with Crippen LogP contribution in [0.2, 0.25) is 0 Å². The Morgan fingerprint density at radius 1 is 1.36 bits per heavy atom. The minimum absolute atomic E-state index is 0.0720. The van der Waals surface area contributed by atoms with Crippen LogP contribution in [0.25, 0.3) is 11.0 Å². The second-order valence-electron chi connectivity index (χ2n) is 3.77. The van der Waals surface area contributed by atoms with Crippen LogP contribution < -0.4 is 0 Å². The highest BCUT2D eigenvalue weighted by atomic mass is 16.3. The lowest BCUT2D eigenvalue weighted by atomic mass is 10.1. The monoisotopic (exact) mass is 190 g/mol. The Labute approximate surface area is 83.2 Å². The van der Waals surface area contributed by atoms with E-state index >= 15 is 0 Å². The summed E-state index contributed by atoms with van der Waals surface area (Å²) in [7, 11) is 0. The van der Waals surface area contributed by atoms with Crippen molar-refractivity contribution >= 4 is 11.0 Å². The largest absolute Gasteiger partial charge is 0.461 e. The topological polar surface area (TPSA) is 33.4 Å². The van der Waals surface area contributed by atoms with Crippen molar-refractivity contribution in [1.82, 2.24) is 0 Å². The SMILES string of the molecule is Cc1ccc2oc(C(C)CO)cc2c1. The maximum atomic E-state index is 9.01. The van der Waals surface area contributed by atoms with Gasteiger partial charge in [-0.15, -0.1) is 0 Å². The van der Waals surface area contributed by atoms with E-state index in [1.165, 1.54) is 5.56 Å². The Kier molecular flexibility index (Phi) is 2.30. The molecule has 1 unspecified atom stereocenters. The van der Waals surface area contributed by atoms with Gasteiger partial charge in [-0.1, -0.05) is 18.6 Å². The van der Waals surface area contributed by atoms with Gasteiger partial charge in [0.2, 0.25) is 0 Å². The van der Waals surface area contributed by atoms with Gasteiger partial charge in [-0.2, -0.15) is 0 Å². The van der Waals surface area contributed by atoms with Crippen molar-refractivity contribution in [3.8, 4) is 0 Å². The van der Waals surface area contributed by atoms with Gasteiger partial charge < -0.3 is 9.52 Å². The number of fused-ring (bicyclic) bond motifs is 1. The van der Waals surface area contributed by atoms with Crippen LogP contribution >= 0.6 is 0 Å². The summed E-state index contributed by atoms with van der Waals surface area (Å²) in [6.45, 7) is 4.13. The van der Waals surface area contributed by atoms with E-state index in [9.17, 15) is 0 Å². The van der Waals surface area contributed by atoms with E-state index in [0.717, 1.165) is 16.7 Å². The van der Waals surface area contributed by atoms with Gasteiger partial charge in [-0.25, -0.2) is 0 Å².